The zero-order valence-electron chi connectivity index (χ0n) is 25.5. The van der Waals surface area contributed by atoms with E-state index in [1.165, 1.54) is 0 Å². The van der Waals surface area contributed by atoms with Crippen LogP contribution in [0.4, 0.5) is 70.2 Å². The SMILES string of the molecule is COC(F)(F)C(F)(F)OC(F)(F)C(F)(F)OC(F)(F)COCCCN1CCCN2CCCCCC21.O=S1(=O)[N-]S(=O)(=O)C(F)(F)C(F)(F)C1(F)F. The number of nitrogens with zero attached hydrogens (tertiary/aromatic N) is 3. The monoisotopic (exact) mass is 830 g/mol. The summed E-state index contributed by atoms with van der Waals surface area (Å²) in [5, 5.41) is -12.6. The zero-order chi connectivity index (χ0) is 39.8. The Morgan fingerprint density at radius 3 is 1.71 bits per heavy atom. The number of hydrogen-bond donors (Lipinski definition) is 0. The molecule has 3 fully saturated rings. The topological polar surface area (TPSA) is 126 Å². The fraction of sp³-hybridized carbons (Fsp3) is 1.00. The predicted octanol–water partition coefficient (Wildman–Crippen LogP) is 5.80. The summed E-state index contributed by atoms with van der Waals surface area (Å²) in [5.41, 5.74) is 0. The van der Waals surface area contributed by atoms with Crippen molar-refractivity contribution in [1.29, 1.82) is 0 Å². The summed E-state index contributed by atoms with van der Waals surface area (Å²) in [5.74, 6) is -6.60. The van der Waals surface area contributed by atoms with Crippen LogP contribution in [-0.2, 0) is 39.0 Å². The lowest BCUT2D eigenvalue weighted by molar-refractivity contribution is -0.544. The van der Waals surface area contributed by atoms with Crippen LogP contribution in [0.15, 0.2) is 0 Å². The molecule has 0 aliphatic carbocycles. The number of alkyl halides is 16. The van der Waals surface area contributed by atoms with Gasteiger partial charge in [0.25, 0.3) is 0 Å². The van der Waals surface area contributed by atoms with Crippen molar-refractivity contribution in [3.8, 4) is 0 Å². The third kappa shape index (κ3) is 9.60. The van der Waals surface area contributed by atoms with Gasteiger partial charge < -0.3 is 13.6 Å². The van der Waals surface area contributed by atoms with E-state index < -0.39 is 73.6 Å². The normalized spacial score (nSPS) is 25.6. The second-order valence-corrected chi connectivity index (χ2v) is 14.4. The molecular weight excluding hydrogens is 802 g/mol. The van der Waals surface area contributed by atoms with Crippen LogP contribution < -0.4 is 0 Å². The summed E-state index contributed by atoms with van der Waals surface area (Å²) in [4.78, 5) is 4.50. The Bertz CT molecular complexity index is 1360. The highest BCUT2D eigenvalue weighted by Crippen LogP contribution is 2.57. The van der Waals surface area contributed by atoms with Crippen LogP contribution in [-0.4, -0.2) is 126 Å². The molecule has 3 aliphatic rings. The Hall–Kier alpha value is -1.50. The highest BCUT2D eigenvalue weighted by molar-refractivity contribution is 8.13. The van der Waals surface area contributed by atoms with E-state index in [-0.39, 0.29) is 26.3 Å². The molecule has 3 heterocycles. The van der Waals surface area contributed by atoms with Crippen LogP contribution in [0.2, 0.25) is 0 Å². The Morgan fingerprint density at radius 2 is 1.18 bits per heavy atom. The molecule has 0 bridgehead atoms. The molecule has 0 spiro atoms. The van der Waals surface area contributed by atoms with Gasteiger partial charge in [-0.05, 0) is 32.2 Å². The lowest BCUT2D eigenvalue weighted by atomic mass is 10.1. The third-order valence-electron chi connectivity index (χ3n) is 7.19. The fourth-order valence-corrected chi connectivity index (χ4v) is 7.41. The maximum Gasteiger partial charge on any atom is 0.453 e. The van der Waals surface area contributed by atoms with Crippen LogP contribution in [0.1, 0.15) is 38.5 Å². The summed E-state index contributed by atoms with van der Waals surface area (Å²) in [6.45, 7) is 0.877. The molecule has 304 valence electrons. The number of methoxy groups -OCH3 is 1. The van der Waals surface area contributed by atoms with E-state index in [4.69, 9.17) is 0 Å². The van der Waals surface area contributed by atoms with Gasteiger partial charge in [-0.3, -0.25) is 9.80 Å². The molecule has 0 aromatic heterocycles. The van der Waals surface area contributed by atoms with E-state index in [0.29, 0.717) is 6.54 Å². The van der Waals surface area contributed by atoms with Crippen molar-refractivity contribution in [2.24, 2.45) is 0 Å². The largest absolute Gasteiger partial charge is 0.453 e. The second-order valence-electron chi connectivity index (χ2n) is 10.9. The van der Waals surface area contributed by atoms with Crippen LogP contribution in [0.3, 0.4) is 0 Å². The van der Waals surface area contributed by atoms with Crippen molar-refractivity contribution in [2.75, 3.05) is 46.5 Å². The van der Waals surface area contributed by atoms with Crippen molar-refractivity contribution in [2.45, 2.75) is 91.7 Å². The maximum atomic E-state index is 13.6. The molecule has 51 heavy (non-hydrogen) atoms. The maximum absolute atomic E-state index is 13.6. The standard InChI is InChI=1S/C19H28F10N2O4.C3F6NO4S2/c1-32-16(22,23)17(24,25)35-19(28,29)18(26,27)34-15(20,21)13-33-12-6-11-31-10-5-9-30-8-4-2-3-7-14(30)31;4-1(5)2(6,7)15(11,12)10-16(13,14)3(1,8)9/h14H,2-13H2,1H3;/q;-1. The lowest BCUT2D eigenvalue weighted by Crippen LogP contribution is -2.64. The average Bonchev–Trinajstić information content (AvgIpc) is 3.21. The van der Waals surface area contributed by atoms with Gasteiger partial charge in [0.05, 0.1) is 6.17 Å². The summed E-state index contributed by atoms with van der Waals surface area (Å²) < 4.78 is 262. The first-order valence-corrected chi connectivity index (χ1v) is 16.9. The first-order valence-electron chi connectivity index (χ1n) is 14.0. The van der Waals surface area contributed by atoms with Gasteiger partial charge in [0.2, 0.25) is 0 Å². The number of rotatable bonds is 13. The van der Waals surface area contributed by atoms with Crippen molar-refractivity contribution in [1.82, 2.24) is 9.80 Å². The van der Waals surface area contributed by atoms with Gasteiger partial charge in [0.15, 0.2) is 20.0 Å². The second kappa shape index (κ2) is 15.3. The Kier molecular flexibility index (Phi) is 13.7. The highest BCUT2D eigenvalue weighted by Gasteiger charge is 2.81. The number of sulfonamides is 2. The molecule has 1 unspecified atom stereocenters. The molecule has 0 aromatic carbocycles. The molecule has 11 nitrogen and oxygen atoms in total. The number of halogens is 16. The van der Waals surface area contributed by atoms with Crippen molar-refractivity contribution < 1.29 is 106 Å². The fourth-order valence-electron chi connectivity index (χ4n) is 4.66. The first-order chi connectivity index (χ1) is 22.7. The molecule has 3 aliphatic heterocycles. The van der Waals surface area contributed by atoms with Gasteiger partial charge >= 0.3 is 47.0 Å². The summed E-state index contributed by atoms with van der Waals surface area (Å²) >= 11 is 0. The van der Waals surface area contributed by atoms with Gasteiger partial charge in [-0.25, -0.2) is 26.3 Å². The average molecular weight is 831 g/mol. The smallest absolute Gasteiger partial charge is 0.425 e. The minimum absolute atomic E-state index is 0.0482. The molecule has 0 aromatic rings. The number of fused-ring (bicyclic) bond motifs is 1. The summed E-state index contributed by atoms with van der Waals surface area (Å²) in [6.07, 6.45) is -24.6. The lowest BCUT2D eigenvalue weighted by Gasteiger charge is -2.43. The van der Waals surface area contributed by atoms with Crippen molar-refractivity contribution in [3.05, 3.63) is 4.13 Å². The van der Waals surface area contributed by atoms with E-state index >= 15 is 0 Å². The quantitative estimate of drug-likeness (QED) is 0.166. The number of ether oxygens (including phenoxy) is 4. The van der Waals surface area contributed by atoms with E-state index in [1.54, 1.807) is 0 Å². The molecule has 0 amide bonds. The number of hydrogen-bond acceptors (Lipinski definition) is 10. The van der Waals surface area contributed by atoms with Crippen LogP contribution in [0.5, 0.6) is 0 Å². The van der Waals surface area contributed by atoms with Gasteiger partial charge in [0, 0.05) is 33.4 Å². The summed E-state index contributed by atoms with van der Waals surface area (Å²) in [6, 6.07) is 0. The molecule has 1 atom stereocenters. The summed E-state index contributed by atoms with van der Waals surface area (Å²) in [7, 11) is -13.2. The molecule has 0 radical (unpaired) electrons. The van der Waals surface area contributed by atoms with E-state index in [0.717, 1.165) is 55.9 Å². The predicted molar refractivity (Wildman–Crippen MR) is 135 cm³/mol. The Labute approximate surface area is 278 Å². The van der Waals surface area contributed by atoms with Crippen LogP contribution >= 0.6 is 0 Å². The Balaban J connectivity index is 0.000000469. The van der Waals surface area contributed by atoms with E-state index in [2.05, 4.69) is 28.7 Å². The van der Waals surface area contributed by atoms with Crippen LogP contribution in [0, 0.1) is 0 Å². The highest BCUT2D eigenvalue weighted by atomic mass is 32.3. The van der Waals surface area contributed by atoms with Crippen LogP contribution in [0.25, 0.3) is 4.13 Å². The van der Waals surface area contributed by atoms with Crippen molar-refractivity contribution >= 4 is 20.0 Å². The van der Waals surface area contributed by atoms with E-state index in [9.17, 15) is 87.1 Å². The van der Waals surface area contributed by atoms with Gasteiger partial charge in [0.1, 0.15) is 6.61 Å². The molecule has 3 saturated heterocycles. The van der Waals surface area contributed by atoms with Gasteiger partial charge in [-0.1, -0.05) is 12.8 Å². The minimum Gasteiger partial charge on any atom is -0.425 e. The molecule has 0 saturated carbocycles. The van der Waals surface area contributed by atoms with E-state index in [1.807, 2.05) is 0 Å². The molecule has 3 rings (SSSR count). The zero-order valence-corrected chi connectivity index (χ0v) is 27.2. The minimum atomic E-state index is -6.60. The molecule has 29 heteroatoms. The Morgan fingerprint density at radius 1 is 0.686 bits per heavy atom. The van der Waals surface area contributed by atoms with Crippen molar-refractivity contribution in [3.63, 3.8) is 0 Å². The first kappa shape index (κ1) is 45.7. The third-order valence-corrected chi connectivity index (χ3v) is 10.6. The van der Waals surface area contributed by atoms with Gasteiger partial charge in [-0.2, -0.15) is 70.2 Å². The van der Waals surface area contributed by atoms with Gasteiger partial charge in [-0.15, -0.1) is 0 Å². The molecule has 0 N–H and O–H groups in total. The molecular formula is C22H28F16N3O8S2-.